The van der Waals surface area contributed by atoms with Crippen LogP contribution in [0, 0.1) is 0 Å². The summed E-state index contributed by atoms with van der Waals surface area (Å²) in [5.74, 6) is 0. The predicted octanol–water partition coefficient (Wildman–Crippen LogP) is 10.9. The number of hydrogen-bond acceptors (Lipinski definition) is 0. The number of hydrogen-bond donors (Lipinski definition) is 0. The van der Waals surface area contributed by atoms with Gasteiger partial charge in [0.15, 0.2) is 0 Å². The fourth-order valence-electron chi connectivity index (χ4n) is 4.95. The zero-order valence-electron chi connectivity index (χ0n) is 21.4. The Morgan fingerprint density at radius 2 is 0.586 bits per heavy atom. The van der Waals surface area contributed by atoms with E-state index in [2.05, 4.69) is 27.7 Å². The van der Waals surface area contributed by atoms with Crippen molar-refractivity contribution in [2.75, 3.05) is 24.6 Å². The first-order valence-corrected chi connectivity index (χ1v) is 16.6. The average Bonchev–Trinajstić information content (AvgIpc) is 2.73. The molecule has 29 heavy (non-hydrogen) atoms. The van der Waals surface area contributed by atoms with Crippen molar-refractivity contribution in [3.63, 3.8) is 0 Å². The van der Waals surface area contributed by atoms with E-state index in [9.17, 15) is 0 Å². The summed E-state index contributed by atoms with van der Waals surface area (Å²) in [5, 5.41) is 0. The van der Waals surface area contributed by atoms with Crippen molar-refractivity contribution >= 4 is 7.26 Å². The Morgan fingerprint density at radius 3 is 0.931 bits per heavy atom. The Kier molecular flexibility index (Phi) is 23.4. The first-order valence-electron chi connectivity index (χ1n) is 14.1. The van der Waals surface area contributed by atoms with Gasteiger partial charge in [0.25, 0.3) is 0 Å². The smallest absolute Gasteiger partial charge is 0.0594 e. The molecule has 0 aromatic rings. The molecule has 0 aromatic carbocycles. The lowest BCUT2D eigenvalue weighted by Crippen LogP contribution is -2.12. The van der Waals surface area contributed by atoms with Gasteiger partial charge in [-0.3, -0.25) is 0 Å². The molecule has 0 atom stereocenters. The number of rotatable bonds is 24. The second-order valence-electron chi connectivity index (χ2n) is 9.89. The third-order valence-corrected chi connectivity index (χ3v) is 12.1. The van der Waals surface area contributed by atoms with Crippen LogP contribution in [-0.4, -0.2) is 24.6 Å². The summed E-state index contributed by atoms with van der Waals surface area (Å²) in [6, 6.07) is 0. The van der Waals surface area contributed by atoms with Crippen molar-refractivity contribution in [1.82, 2.24) is 0 Å². The van der Waals surface area contributed by atoms with Gasteiger partial charge >= 0.3 is 0 Å². The van der Waals surface area contributed by atoms with E-state index in [-0.39, 0.29) is 0 Å². The average molecular weight is 428 g/mol. The molecule has 0 aliphatic heterocycles. The second kappa shape index (κ2) is 23.1. The second-order valence-corrected chi connectivity index (χ2v) is 14.4. The zero-order chi connectivity index (χ0) is 21.5. The van der Waals surface area contributed by atoms with Gasteiger partial charge in [0, 0.05) is 7.26 Å². The summed E-state index contributed by atoms with van der Waals surface area (Å²) >= 11 is 0. The molecule has 0 N–H and O–H groups in total. The van der Waals surface area contributed by atoms with E-state index in [0.717, 1.165) is 0 Å². The van der Waals surface area contributed by atoms with E-state index in [1.807, 2.05) is 0 Å². The molecule has 0 heterocycles. The van der Waals surface area contributed by atoms with Gasteiger partial charge in [-0.2, -0.15) is 0 Å². The van der Waals surface area contributed by atoms with E-state index in [4.69, 9.17) is 0 Å². The van der Waals surface area contributed by atoms with Crippen molar-refractivity contribution < 1.29 is 0 Å². The Morgan fingerprint density at radius 1 is 0.276 bits per heavy atom. The van der Waals surface area contributed by atoms with E-state index >= 15 is 0 Å². The normalized spacial score (nSPS) is 12.0. The Hall–Kier alpha value is 0.430. The minimum atomic E-state index is -0.616. The first-order chi connectivity index (χ1) is 14.2. The summed E-state index contributed by atoms with van der Waals surface area (Å²) in [7, 11) is -0.616. The van der Waals surface area contributed by atoms with Gasteiger partial charge in [-0.05, 0) is 32.1 Å². The molecule has 0 radical (unpaired) electrons. The van der Waals surface area contributed by atoms with E-state index in [0.29, 0.717) is 0 Å². The van der Waals surface area contributed by atoms with Crippen LogP contribution in [0.5, 0.6) is 0 Å². The molecule has 0 bridgehead atoms. The molecule has 0 rings (SSSR count). The maximum atomic E-state index is 2.43. The molecule has 0 spiro atoms. The van der Waals surface area contributed by atoms with Crippen molar-refractivity contribution in [3.8, 4) is 0 Å². The largest absolute Gasteiger partial charge is 0.0654 e. The van der Waals surface area contributed by atoms with Crippen LogP contribution >= 0.6 is 7.26 Å². The Bertz CT molecular complexity index is 291. The maximum absolute atomic E-state index is 2.43. The van der Waals surface area contributed by atoms with Crippen LogP contribution in [-0.2, 0) is 0 Å². The van der Waals surface area contributed by atoms with Crippen LogP contribution in [0.2, 0.25) is 0 Å². The van der Waals surface area contributed by atoms with Crippen LogP contribution in [0.3, 0.4) is 0 Å². The lowest BCUT2D eigenvalue weighted by Gasteiger charge is -2.27. The number of unbranched alkanes of at least 4 members (excludes halogenated alkanes) is 16. The van der Waals surface area contributed by atoms with Gasteiger partial charge in [-0.1, -0.05) is 124 Å². The molecular weight excluding hydrogens is 367 g/mol. The molecule has 0 amide bonds. The monoisotopic (exact) mass is 427 g/mol. The van der Waals surface area contributed by atoms with Gasteiger partial charge in [-0.15, -0.1) is 0 Å². The first kappa shape index (κ1) is 29.4. The van der Waals surface area contributed by atoms with Gasteiger partial charge in [0.1, 0.15) is 0 Å². The van der Waals surface area contributed by atoms with Crippen molar-refractivity contribution in [1.29, 1.82) is 0 Å². The van der Waals surface area contributed by atoms with E-state index in [1.54, 1.807) is 31.1 Å². The fourth-order valence-corrected chi connectivity index (χ4v) is 10.1. The highest BCUT2D eigenvalue weighted by molar-refractivity contribution is 7.75. The van der Waals surface area contributed by atoms with Gasteiger partial charge in [0.2, 0.25) is 0 Å². The topological polar surface area (TPSA) is 0 Å². The Balaban J connectivity index is 3.66. The molecule has 0 saturated heterocycles. The molecule has 0 nitrogen and oxygen atoms in total. The zero-order valence-corrected chi connectivity index (χ0v) is 22.3. The van der Waals surface area contributed by atoms with Crippen LogP contribution in [0.4, 0.5) is 0 Å². The van der Waals surface area contributed by atoms with Crippen LogP contribution in [0.1, 0.15) is 156 Å². The molecule has 1 heteroatoms. The molecule has 0 unspecified atom stereocenters. The summed E-state index contributed by atoms with van der Waals surface area (Å²) in [6.07, 6.45) is 35.9. The predicted molar refractivity (Wildman–Crippen MR) is 141 cm³/mol. The van der Waals surface area contributed by atoms with Crippen LogP contribution in [0.15, 0.2) is 0 Å². The molecule has 0 saturated carbocycles. The lowest BCUT2D eigenvalue weighted by atomic mass is 10.0. The summed E-state index contributed by atoms with van der Waals surface area (Å²) in [5.41, 5.74) is 0. The van der Waals surface area contributed by atoms with Crippen LogP contribution in [0.25, 0.3) is 0 Å². The van der Waals surface area contributed by atoms with Gasteiger partial charge in [-0.25, -0.2) is 0 Å². The molecule has 0 aliphatic carbocycles. The van der Waals surface area contributed by atoms with Crippen LogP contribution < -0.4 is 0 Å². The van der Waals surface area contributed by atoms with Crippen molar-refractivity contribution in [3.05, 3.63) is 0 Å². The fraction of sp³-hybridized carbons (Fsp3) is 1.00. The van der Waals surface area contributed by atoms with Crippen molar-refractivity contribution in [2.24, 2.45) is 0 Å². The van der Waals surface area contributed by atoms with Gasteiger partial charge < -0.3 is 0 Å². The molecular formula is C28H60P+. The van der Waals surface area contributed by atoms with E-state index < -0.39 is 7.26 Å². The molecule has 0 fully saturated rings. The highest BCUT2D eigenvalue weighted by Crippen LogP contribution is 2.61. The maximum Gasteiger partial charge on any atom is 0.0594 e. The quantitative estimate of drug-likeness (QED) is 0.106. The van der Waals surface area contributed by atoms with Crippen molar-refractivity contribution in [2.45, 2.75) is 156 Å². The third-order valence-electron chi connectivity index (χ3n) is 6.91. The third kappa shape index (κ3) is 18.9. The minimum absolute atomic E-state index is 0.616. The Labute approximate surface area is 188 Å². The molecule has 0 aliphatic rings. The lowest BCUT2D eigenvalue weighted by molar-refractivity contribution is 0.534. The SMILES string of the molecule is CCCCCCCCCCCCCCCCC[P+](CCC)(CCCC)CCCC. The summed E-state index contributed by atoms with van der Waals surface area (Å²) in [4.78, 5) is 0. The minimum Gasteiger partial charge on any atom is -0.0654 e. The van der Waals surface area contributed by atoms with E-state index in [1.165, 1.54) is 122 Å². The molecule has 0 aromatic heterocycles. The summed E-state index contributed by atoms with van der Waals surface area (Å²) < 4.78 is 0. The highest BCUT2D eigenvalue weighted by atomic mass is 31.2. The standard InChI is InChI=1S/C28H60P/c1-5-9-12-13-14-15-16-17-18-19-20-21-22-23-24-28-29(25-8-4,26-10-6-2)27-11-7-3/h5-28H2,1-4H3/q+1. The van der Waals surface area contributed by atoms with Gasteiger partial charge in [0.05, 0.1) is 24.6 Å². The molecule has 176 valence electrons. The summed E-state index contributed by atoms with van der Waals surface area (Å²) in [6.45, 7) is 9.50. The highest BCUT2D eigenvalue weighted by Gasteiger charge is 2.34.